The van der Waals surface area contributed by atoms with E-state index in [1.54, 1.807) is 24.9 Å². The number of thioether (sulfide) groups is 1. The molecule has 0 aliphatic carbocycles. The Morgan fingerprint density at radius 3 is 1.93 bits per heavy atom. The average Bonchev–Trinajstić information content (AvgIpc) is 3.70. The van der Waals surface area contributed by atoms with Gasteiger partial charge in [-0.3, -0.25) is 0 Å². The van der Waals surface area contributed by atoms with Gasteiger partial charge in [-0.25, -0.2) is 4.79 Å². The van der Waals surface area contributed by atoms with Gasteiger partial charge in [-0.05, 0) is 115 Å². The number of carbonyl (C=O) groups is 1. The molecule has 1 saturated heterocycles. The van der Waals surface area contributed by atoms with Gasteiger partial charge in [0.15, 0.2) is 20.9 Å². The fraction of sp³-hybridized carbons (Fsp3) is 0.550. The second kappa shape index (κ2) is 27.6. The Kier molecular flexibility index (Phi) is 22.7. The molecule has 1 fully saturated rings. The molecule has 0 saturated carbocycles. The lowest BCUT2D eigenvalue weighted by Gasteiger charge is -2.45. The molecule has 12 nitrogen and oxygen atoms in total. The zero-order valence-electron chi connectivity index (χ0n) is 48.5. The van der Waals surface area contributed by atoms with Crippen LogP contribution >= 0.6 is 11.8 Å². The van der Waals surface area contributed by atoms with Crippen LogP contribution in [0.2, 0.25) is 48.9 Å². The lowest BCUT2D eigenvalue weighted by molar-refractivity contribution is -0.152. The third-order valence-electron chi connectivity index (χ3n) is 14.5. The molecule has 1 aliphatic rings. The molecule has 0 N–H and O–H groups in total. The van der Waals surface area contributed by atoms with Crippen molar-refractivity contribution in [2.45, 2.75) is 178 Å². The fourth-order valence-corrected chi connectivity index (χ4v) is 17.2. The van der Waals surface area contributed by atoms with Crippen molar-refractivity contribution >= 4 is 52.8 Å². The van der Waals surface area contributed by atoms with Crippen molar-refractivity contribution in [3.63, 3.8) is 0 Å². The quantitative estimate of drug-likeness (QED) is 0.00621. The van der Waals surface area contributed by atoms with Crippen LogP contribution in [-0.2, 0) is 27.8 Å². The highest BCUT2D eigenvalue weighted by Crippen LogP contribution is 2.49. The van der Waals surface area contributed by atoms with Gasteiger partial charge in [0, 0.05) is 48.5 Å². The molecule has 0 bridgehead atoms. The largest absolute Gasteiger partial charge is 0.493 e. The fourth-order valence-electron chi connectivity index (χ4n) is 9.22. The highest BCUT2D eigenvalue weighted by molar-refractivity contribution is 7.99. The predicted molar refractivity (Wildman–Crippen MR) is 318 cm³/mol. The van der Waals surface area contributed by atoms with E-state index >= 15 is 0 Å². The van der Waals surface area contributed by atoms with Crippen LogP contribution in [-0.4, -0.2) is 94.5 Å². The molecule has 0 spiro atoms. The molecular formula is C60H89N3O9SSi3. The number of benzene rings is 4. The number of hydrogen-bond acceptors (Lipinski definition) is 11. The van der Waals surface area contributed by atoms with E-state index in [1.807, 2.05) is 38.1 Å². The highest BCUT2D eigenvalue weighted by Gasteiger charge is 2.52. The van der Waals surface area contributed by atoms with E-state index in [9.17, 15) is 4.79 Å². The third-order valence-corrected chi connectivity index (χ3v) is 27.1. The molecule has 6 atom stereocenters. The maximum absolute atomic E-state index is 14.7. The van der Waals surface area contributed by atoms with Crippen LogP contribution in [0.4, 0.5) is 0 Å². The summed E-state index contributed by atoms with van der Waals surface area (Å²) in [6.07, 6.45) is 4.51. The molecule has 0 aromatic heterocycles. The van der Waals surface area contributed by atoms with Crippen molar-refractivity contribution in [2.75, 3.05) is 33.7 Å². The molecule has 16 heteroatoms. The first-order valence-corrected chi connectivity index (χ1v) is 36.5. The summed E-state index contributed by atoms with van der Waals surface area (Å²) in [4.78, 5) is 18.6. The maximum Gasteiger partial charge on any atom is 0.342 e. The van der Waals surface area contributed by atoms with E-state index < -0.39 is 54.8 Å². The number of methoxy groups -OCH3 is 1. The average molecular weight is 1110 g/mol. The van der Waals surface area contributed by atoms with Gasteiger partial charge in [0.25, 0.3) is 8.32 Å². The van der Waals surface area contributed by atoms with Crippen molar-refractivity contribution < 1.29 is 42.1 Å². The summed E-state index contributed by atoms with van der Waals surface area (Å²) in [5, 5.41) is 5.56. The number of hydrogen-bond donors (Lipinski definition) is 0. The smallest absolute Gasteiger partial charge is 0.342 e. The standard InChI is InChI=1S/C60H89N3O9SSi3/c1-44(45(2)71-76(59(6,7)8,47-29-22-18-23-30-47)48-31-24-19-25-32-48)33-34-52(72-75(15,16)58(3,4)5)56-51(69-60(9,10)70-56)37-38-53(73-46-27-20-17-21-28-46)54-49(66-40-26-39-62-63-61)35-36-50(68-43-65-11)55(54)57(64)67-41-42-74(12,13)14/h17-25,27-36,44-45,51-53,56H,26,37-43H2,1-16H3/b34-33-/t44-,45-,51+,52?,53?,56+/m1/s1. The number of esters is 1. The Balaban J connectivity index is 1.59. The topological polar surface area (TPSA) is 140 Å². The van der Waals surface area contributed by atoms with E-state index in [1.165, 1.54) is 10.4 Å². The number of rotatable bonds is 28. The monoisotopic (exact) mass is 1110 g/mol. The first-order valence-electron chi connectivity index (χ1n) is 27.1. The Morgan fingerprint density at radius 1 is 0.789 bits per heavy atom. The molecule has 5 rings (SSSR count). The molecule has 0 amide bonds. The molecule has 2 unspecified atom stereocenters. The first kappa shape index (κ1) is 62.6. The Bertz CT molecular complexity index is 2470. The molecule has 0 radical (unpaired) electrons. The molecule has 4 aromatic carbocycles. The lowest BCUT2D eigenvalue weighted by Crippen LogP contribution is -2.67. The zero-order chi connectivity index (χ0) is 56.0. The van der Waals surface area contributed by atoms with E-state index in [0.717, 1.165) is 10.9 Å². The molecular weight excluding hydrogens is 1020 g/mol. The summed E-state index contributed by atoms with van der Waals surface area (Å²) in [6, 6.07) is 36.1. The van der Waals surface area contributed by atoms with E-state index in [-0.39, 0.29) is 53.9 Å². The van der Waals surface area contributed by atoms with Crippen LogP contribution in [0.15, 0.2) is 125 Å². The minimum Gasteiger partial charge on any atom is -0.493 e. The zero-order valence-corrected chi connectivity index (χ0v) is 52.3. The Hall–Kier alpha value is -4.20. The molecule has 1 aliphatic heterocycles. The van der Waals surface area contributed by atoms with Gasteiger partial charge in [-0.15, -0.1) is 11.8 Å². The van der Waals surface area contributed by atoms with Crippen molar-refractivity contribution in [2.24, 2.45) is 11.0 Å². The van der Waals surface area contributed by atoms with Crippen molar-refractivity contribution in [1.82, 2.24) is 0 Å². The van der Waals surface area contributed by atoms with Crippen molar-refractivity contribution in [3.05, 3.63) is 137 Å². The van der Waals surface area contributed by atoms with E-state index in [4.69, 9.17) is 42.8 Å². The van der Waals surface area contributed by atoms with Crippen molar-refractivity contribution in [1.29, 1.82) is 0 Å². The van der Waals surface area contributed by atoms with Gasteiger partial charge in [0.1, 0.15) is 23.2 Å². The van der Waals surface area contributed by atoms with Gasteiger partial charge in [0.2, 0.25) is 0 Å². The molecule has 4 aromatic rings. The van der Waals surface area contributed by atoms with Crippen LogP contribution in [0.25, 0.3) is 10.4 Å². The SMILES string of the molecule is COCOc1ccc(OCCCN=[N+]=[N-])c(C(CC[C@@H]2OC(C)(C)O[C@@H]2C(/C=C\[C@@H](C)[C@@H](C)O[Si](c2ccccc2)(c2ccccc2)C(C)(C)C)O[Si](C)(C)C(C)(C)C)Sc2ccccc2)c1C(=O)OCC[Si](C)(C)C. The third kappa shape index (κ3) is 17.1. The van der Waals surface area contributed by atoms with Gasteiger partial charge >= 0.3 is 5.97 Å². The Morgan fingerprint density at radius 2 is 1.38 bits per heavy atom. The summed E-state index contributed by atoms with van der Waals surface area (Å²) in [6.45, 7) is 34.2. The second-order valence-electron chi connectivity index (χ2n) is 24.2. The minimum atomic E-state index is -2.85. The van der Waals surface area contributed by atoms with Gasteiger partial charge in [-0.1, -0.05) is 164 Å². The van der Waals surface area contributed by atoms with Gasteiger partial charge in [-0.2, -0.15) is 0 Å². The molecule has 1 heterocycles. The summed E-state index contributed by atoms with van der Waals surface area (Å²) in [5.41, 5.74) is 9.94. The second-order valence-corrected chi connectivity index (χ2v) is 40.1. The summed E-state index contributed by atoms with van der Waals surface area (Å²) in [7, 11) is -5.30. The number of ether oxygens (including phenoxy) is 6. The minimum absolute atomic E-state index is 0.00533. The predicted octanol–water partition coefficient (Wildman–Crippen LogP) is 14.9. The first-order chi connectivity index (χ1) is 35.7. The van der Waals surface area contributed by atoms with Crippen LogP contribution in [0.1, 0.15) is 110 Å². The van der Waals surface area contributed by atoms with Crippen LogP contribution < -0.4 is 19.8 Å². The van der Waals surface area contributed by atoms with Crippen LogP contribution in [0, 0.1) is 5.92 Å². The highest BCUT2D eigenvalue weighted by atomic mass is 32.2. The van der Waals surface area contributed by atoms with Crippen LogP contribution in [0.3, 0.4) is 0 Å². The van der Waals surface area contributed by atoms with E-state index in [2.05, 4.69) is 183 Å². The van der Waals surface area contributed by atoms with Gasteiger partial charge < -0.3 is 37.3 Å². The molecule has 416 valence electrons. The summed E-state index contributed by atoms with van der Waals surface area (Å²) < 4.78 is 53.3. The molecule has 76 heavy (non-hydrogen) atoms. The van der Waals surface area contributed by atoms with Crippen LogP contribution in [0.5, 0.6) is 11.5 Å². The number of azide groups is 1. The normalized spacial score (nSPS) is 17.9. The van der Waals surface area contributed by atoms with Crippen molar-refractivity contribution in [3.8, 4) is 11.5 Å². The summed E-state index contributed by atoms with van der Waals surface area (Å²) >= 11 is 1.64. The van der Waals surface area contributed by atoms with Gasteiger partial charge in [0.05, 0.1) is 25.4 Å². The number of carbonyl (C=O) groups excluding carboxylic acids is 1. The summed E-state index contributed by atoms with van der Waals surface area (Å²) in [5.74, 6) is -0.571. The Labute approximate surface area is 463 Å². The van der Waals surface area contributed by atoms with E-state index in [0.29, 0.717) is 41.9 Å². The number of nitrogens with zero attached hydrogens (tertiary/aromatic N) is 3. The lowest BCUT2D eigenvalue weighted by atomic mass is 9.95. The maximum atomic E-state index is 14.7.